The summed E-state index contributed by atoms with van der Waals surface area (Å²) in [5, 5.41) is 5.53. The number of amides is 2. The monoisotopic (exact) mass is 298 g/mol. The van der Waals surface area contributed by atoms with Crippen molar-refractivity contribution in [2.75, 3.05) is 13.2 Å². The molecular formula is C16H30N2O3. The Bertz CT molecular complexity index is 344. The van der Waals surface area contributed by atoms with Crippen molar-refractivity contribution in [1.29, 1.82) is 0 Å². The molecule has 0 saturated heterocycles. The van der Waals surface area contributed by atoms with Gasteiger partial charge >= 0.3 is 0 Å². The summed E-state index contributed by atoms with van der Waals surface area (Å²) in [6.07, 6.45) is 5.21. The summed E-state index contributed by atoms with van der Waals surface area (Å²) in [7, 11) is 0. The molecule has 0 bridgehead atoms. The average Bonchev–Trinajstić information content (AvgIpc) is 2.42. The van der Waals surface area contributed by atoms with Gasteiger partial charge in [-0.2, -0.15) is 0 Å². The topological polar surface area (TPSA) is 67.4 Å². The molecular weight excluding hydrogens is 268 g/mol. The van der Waals surface area contributed by atoms with Gasteiger partial charge in [-0.15, -0.1) is 0 Å². The smallest absolute Gasteiger partial charge is 0.242 e. The van der Waals surface area contributed by atoms with Gasteiger partial charge in [-0.25, -0.2) is 0 Å². The zero-order valence-electron chi connectivity index (χ0n) is 13.8. The summed E-state index contributed by atoms with van der Waals surface area (Å²) in [4.78, 5) is 23.2. The minimum absolute atomic E-state index is 0.0631. The second kappa shape index (κ2) is 9.03. The van der Waals surface area contributed by atoms with Crippen LogP contribution in [0.3, 0.4) is 0 Å². The average molecular weight is 298 g/mol. The van der Waals surface area contributed by atoms with E-state index >= 15 is 0 Å². The third-order valence-corrected chi connectivity index (χ3v) is 4.07. The number of carbonyl (C=O) groups excluding carboxylic acids is 2. The molecule has 5 nitrogen and oxygen atoms in total. The van der Waals surface area contributed by atoms with Crippen molar-refractivity contribution >= 4 is 11.8 Å². The number of carbonyl (C=O) groups is 2. The molecule has 5 heteroatoms. The van der Waals surface area contributed by atoms with E-state index in [4.69, 9.17) is 4.74 Å². The van der Waals surface area contributed by atoms with E-state index in [0.717, 1.165) is 6.42 Å². The molecule has 0 aromatic heterocycles. The van der Waals surface area contributed by atoms with Crippen molar-refractivity contribution < 1.29 is 14.3 Å². The van der Waals surface area contributed by atoms with Crippen molar-refractivity contribution in [3.63, 3.8) is 0 Å². The quantitative estimate of drug-likeness (QED) is 0.705. The van der Waals surface area contributed by atoms with Gasteiger partial charge in [0.15, 0.2) is 0 Å². The van der Waals surface area contributed by atoms with Crippen LogP contribution in [0.2, 0.25) is 0 Å². The van der Waals surface area contributed by atoms with Gasteiger partial charge < -0.3 is 15.4 Å². The molecule has 1 fully saturated rings. The van der Waals surface area contributed by atoms with Crippen LogP contribution < -0.4 is 10.6 Å². The van der Waals surface area contributed by atoms with Crippen molar-refractivity contribution in [2.24, 2.45) is 11.8 Å². The lowest BCUT2D eigenvalue weighted by molar-refractivity contribution is -0.129. The van der Waals surface area contributed by atoms with Crippen molar-refractivity contribution in [2.45, 2.75) is 65.5 Å². The van der Waals surface area contributed by atoms with Gasteiger partial charge in [0.05, 0.1) is 12.7 Å². The van der Waals surface area contributed by atoms with Crippen LogP contribution >= 0.6 is 0 Å². The van der Waals surface area contributed by atoms with Crippen LogP contribution in [0.4, 0.5) is 0 Å². The maximum Gasteiger partial charge on any atom is 0.242 e. The molecule has 1 rings (SSSR count). The van der Waals surface area contributed by atoms with Gasteiger partial charge in [0.25, 0.3) is 0 Å². The number of rotatable bonds is 7. The predicted octanol–water partition coefficient (Wildman–Crippen LogP) is 1.86. The maximum atomic E-state index is 12.1. The van der Waals surface area contributed by atoms with E-state index in [9.17, 15) is 9.59 Å². The highest BCUT2D eigenvalue weighted by Crippen LogP contribution is 2.25. The molecule has 122 valence electrons. The molecule has 0 aromatic carbocycles. The molecule has 1 saturated carbocycles. The highest BCUT2D eigenvalue weighted by Gasteiger charge is 2.23. The Balaban J connectivity index is 2.26. The fourth-order valence-corrected chi connectivity index (χ4v) is 2.78. The van der Waals surface area contributed by atoms with Gasteiger partial charge in [0.2, 0.25) is 11.8 Å². The highest BCUT2D eigenvalue weighted by molar-refractivity contribution is 5.86. The normalized spacial score (nSPS) is 23.7. The van der Waals surface area contributed by atoms with E-state index in [1.165, 1.54) is 26.2 Å². The number of hydrogen-bond acceptors (Lipinski definition) is 3. The lowest BCUT2D eigenvalue weighted by Gasteiger charge is -2.29. The van der Waals surface area contributed by atoms with Crippen LogP contribution in [0.25, 0.3) is 0 Å². The van der Waals surface area contributed by atoms with E-state index in [1.807, 2.05) is 13.8 Å². The third-order valence-electron chi connectivity index (χ3n) is 4.07. The van der Waals surface area contributed by atoms with Crippen molar-refractivity contribution in [3.05, 3.63) is 0 Å². The van der Waals surface area contributed by atoms with E-state index in [1.54, 1.807) is 0 Å². The Kier molecular flexibility index (Phi) is 7.72. The molecule has 0 heterocycles. The Labute approximate surface area is 128 Å². The summed E-state index contributed by atoms with van der Waals surface area (Å²) >= 11 is 0. The van der Waals surface area contributed by atoms with Gasteiger partial charge in [-0.1, -0.05) is 33.6 Å². The van der Waals surface area contributed by atoms with Gasteiger partial charge in [-0.05, 0) is 24.7 Å². The Morgan fingerprint density at radius 1 is 1.24 bits per heavy atom. The second-order valence-electron chi connectivity index (χ2n) is 6.38. The first-order valence-corrected chi connectivity index (χ1v) is 8.08. The second-order valence-corrected chi connectivity index (χ2v) is 6.38. The van der Waals surface area contributed by atoms with Gasteiger partial charge in [0, 0.05) is 13.5 Å². The van der Waals surface area contributed by atoms with E-state index in [2.05, 4.69) is 17.6 Å². The summed E-state index contributed by atoms with van der Waals surface area (Å²) in [6.45, 7) is 8.52. The SMILES string of the molecule is CC(=O)N[C@H](C(=O)NCCO[C@H]1CCCC[C@@H]1C)C(C)C. The van der Waals surface area contributed by atoms with Crippen LogP contribution in [-0.2, 0) is 14.3 Å². The summed E-state index contributed by atoms with van der Waals surface area (Å²) in [5.41, 5.74) is 0. The first-order chi connectivity index (χ1) is 9.91. The predicted molar refractivity (Wildman–Crippen MR) is 82.8 cm³/mol. The molecule has 0 aromatic rings. The van der Waals surface area contributed by atoms with Gasteiger partial charge in [-0.3, -0.25) is 9.59 Å². The van der Waals surface area contributed by atoms with E-state index in [-0.39, 0.29) is 17.7 Å². The van der Waals surface area contributed by atoms with Crippen LogP contribution in [-0.4, -0.2) is 37.1 Å². The van der Waals surface area contributed by atoms with Gasteiger partial charge in [0.1, 0.15) is 6.04 Å². The van der Waals surface area contributed by atoms with E-state index < -0.39 is 6.04 Å². The number of hydrogen-bond donors (Lipinski definition) is 2. The van der Waals surface area contributed by atoms with E-state index in [0.29, 0.717) is 25.2 Å². The summed E-state index contributed by atoms with van der Waals surface area (Å²) in [5.74, 6) is 0.349. The lowest BCUT2D eigenvalue weighted by atomic mass is 9.88. The van der Waals surface area contributed by atoms with Crippen molar-refractivity contribution in [3.8, 4) is 0 Å². The molecule has 0 aliphatic heterocycles. The molecule has 2 N–H and O–H groups in total. The van der Waals surface area contributed by atoms with Crippen LogP contribution in [0, 0.1) is 11.8 Å². The molecule has 0 spiro atoms. The first kappa shape index (κ1) is 18.0. The molecule has 0 radical (unpaired) electrons. The molecule has 2 amide bonds. The Hall–Kier alpha value is -1.10. The fraction of sp³-hybridized carbons (Fsp3) is 0.875. The lowest BCUT2D eigenvalue weighted by Crippen LogP contribution is -2.49. The zero-order chi connectivity index (χ0) is 15.8. The summed E-state index contributed by atoms with van der Waals surface area (Å²) < 4.78 is 5.86. The minimum Gasteiger partial charge on any atom is -0.376 e. The minimum atomic E-state index is -0.476. The van der Waals surface area contributed by atoms with Crippen molar-refractivity contribution in [1.82, 2.24) is 10.6 Å². The Morgan fingerprint density at radius 3 is 2.48 bits per heavy atom. The van der Waals surface area contributed by atoms with Crippen LogP contribution in [0.15, 0.2) is 0 Å². The molecule has 0 unspecified atom stereocenters. The molecule has 21 heavy (non-hydrogen) atoms. The molecule has 1 aliphatic carbocycles. The molecule has 3 atom stereocenters. The van der Waals surface area contributed by atoms with Crippen LogP contribution in [0.5, 0.6) is 0 Å². The third kappa shape index (κ3) is 6.46. The van der Waals surface area contributed by atoms with Crippen LogP contribution in [0.1, 0.15) is 53.4 Å². The fourth-order valence-electron chi connectivity index (χ4n) is 2.78. The first-order valence-electron chi connectivity index (χ1n) is 8.08. The number of nitrogens with one attached hydrogen (secondary N) is 2. The summed E-state index contributed by atoms with van der Waals surface area (Å²) in [6, 6.07) is -0.476. The maximum absolute atomic E-state index is 12.1. The zero-order valence-corrected chi connectivity index (χ0v) is 13.8. The standard InChI is InChI=1S/C16H30N2O3/c1-11(2)15(18-13(4)19)16(20)17-9-10-21-14-8-6-5-7-12(14)3/h11-12,14-15H,5-10H2,1-4H3,(H,17,20)(H,18,19)/t12-,14-,15-/m0/s1. The largest absolute Gasteiger partial charge is 0.376 e. The Morgan fingerprint density at radius 2 is 1.90 bits per heavy atom. The number of ether oxygens (including phenoxy) is 1. The molecule has 1 aliphatic rings. The highest BCUT2D eigenvalue weighted by atomic mass is 16.5.